The molecule has 0 saturated carbocycles. The van der Waals surface area contributed by atoms with Gasteiger partial charge in [0.2, 0.25) is 5.16 Å². The molecule has 1 aliphatic rings. The molecule has 0 fully saturated rings. The predicted octanol–water partition coefficient (Wildman–Crippen LogP) is 4.85. The summed E-state index contributed by atoms with van der Waals surface area (Å²) < 4.78 is 8.53. The lowest BCUT2D eigenvalue weighted by atomic mass is 10.1. The molecule has 2 aromatic carbocycles. The van der Waals surface area contributed by atoms with Crippen LogP contribution in [-0.4, -0.2) is 32.9 Å². The Bertz CT molecular complexity index is 935. The molecule has 0 amide bonds. The second-order valence-corrected chi connectivity index (χ2v) is 7.69. The lowest BCUT2D eigenvalue weighted by Gasteiger charge is -2.14. The van der Waals surface area contributed by atoms with Crippen molar-refractivity contribution in [2.75, 3.05) is 12.4 Å². The number of thioether (sulfide) groups is 1. The molecule has 0 radical (unpaired) electrons. The first-order valence-corrected chi connectivity index (χ1v) is 10.2. The molecule has 0 aliphatic carbocycles. The van der Waals surface area contributed by atoms with Crippen LogP contribution >= 0.6 is 27.7 Å². The molecular formula is C19H17BrN4OS. The Labute approximate surface area is 164 Å². The topological polar surface area (TPSA) is 52.3 Å². The molecule has 0 unspecified atom stereocenters. The Morgan fingerprint density at radius 1 is 1.04 bits per heavy atom. The molecule has 5 nitrogen and oxygen atoms in total. The summed E-state index contributed by atoms with van der Waals surface area (Å²) in [6, 6.07) is 16.1. The zero-order valence-electron chi connectivity index (χ0n) is 14.2. The van der Waals surface area contributed by atoms with Gasteiger partial charge in [-0.15, -0.1) is 10.2 Å². The Hall–Kier alpha value is -2.12. The Kier molecular flexibility index (Phi) is 5.08. The van der Waals surface area contributed by atoms with E-state index in [0.29, 0.717) is 0 Å². The highest BCUT2D eigenvalue weighted by molar-refractivity contribution is 9.10. The normalized spacial score (nSPS) is 13.2. The second-order valence-electron chi connectivity index (χ2n) is 5.83. The molecule has 0 bridgehead atoms. The van der Waals surface area contributed by atoms with E-state index in [-0.39, 0.29) is 0 Å². The first-order valence-electron chi connectivity index (χ1n) is 8.40. The number of hydrogen-bond acceptors (Lipinski definition) is 5. The van der Waals surface area contributed by atoms with E-state index in [1.54, 1.807) is 11.8 Å². The number of ether oxygens (including phenoxy) is 1. The number of benzene rings is 2. The van der Waals surface area contributed by atoms with E-state index in [1.807, 2.05) is 41.1 Å². The molecule has 3 aromatic rings. The van der Waals surface area contributed by atoms with Crippen molar-refractivity contribution in [1.82, 2.24) is 14.9 Å². The summed E-state index contributed by atoms with van der Waals surface area (Å²) in [6.07, 6.45) is 0.990. The average molecular weight is 429 g/mol. The summed E-state index contributed by atoms with van der Waals surface area (Å²) in [7, 11) is 0. The van der Waals surface area contributed by atoms with Gasteiger partial charge in [0.25, 0.3) is 0 Å². The molecule has 1 aliphatic heterocycles. The van der Waals surface area contributed by atoms with E-state index in [4.69, 9.17) is 9.84 Å². The molecule has 0 spiro atoms. The minimum atomic E-state index is 0.719. The third kappa shape index (κ3) is 3.54. The summed E-state index contributed by atoms with van der Waals surface area (Å²) in [5.41, 5.74) is 3.09. The van der Waals surface area contributed by atoms with E-state index in [0.717, 1.165) is 56.8 Å². The van der Waals surface area contributed by atoms with Crippen LogP contribution in [0.5, 0.6) is 5.75 Å². The SMILES string of the molecule is CCCOc1ccc(-c2nnc3n2N=C(c2ccc(Br)cc2)CS3)cc1. The maximum Gasteiger partial charge on any atom is 0.212 e. The van der Waals surface area contributed by atoms with Gasteiger partial charge in [0, 0.05) is 15.8 Å². The lowest BCUT2D eigenvalue weighted by molar-refractivity contribution is 0.317. The van der Waals surface area contributed by atoms with E-state index in [9.17, 15) is 0 Å². The van der Waals surface area contributed by atoms with Gasteiger partial charge in [0.15, 0.2) is 5.82 Å². The van der Waals surface area contributed by atoms with E-state index in [2.05, 4.69) is 45.2 Å². The van der Waals surface area contributed by atoms with Gasteiger partial charge in [-0.05, 0) is 48.4 Å². The van der Waals surface area contributed by atoms with E-state index >= 15 is 0 Å². The van der Waals surface area contributed by atoms with Crippen molar-refractivity contribution < 1.29 is 4.74 Å². The largest absolute Gasteiger partial charge is 0.494 e. The predicted molar refractivity (Wildman–Crippen MR) is 108 cm³/mol. The molecule has 1 aromatic heterocycles. The van der Waals surface area contributed by atoms with Crippen LogP contribution in [0.3, 0.4) is 0 Å². The molecule has 0 atom stereocenters. The standard InChI is InChI=1S/C19H17BrN4OS/c1-2-11-25-16-9-5-14(6-10-16)18-21-22-19-24(18)23-17(12-26-19)13-3-7-15(20)8-4-13/h3-10H,2,11-12H2,1H3. The van der Waals surface area contributed by atoms with Gasteiger partial charge in [-0.1, -0.05) is 46.7 Å². The van der Waals surface area contributed by atoms with E-state index in [1.165, 1.54) is 0 Å². The summed E-state index contributed by atoms with van der Waals surface area (Å²) in [5, 5.41) is 14.2. The molecule has 0 saturated heterocycles. The van der Waals surface area contributed by atoms with Crippen LogP contribution in [0.4, 0.5) is 0 Å². The van der Waals surface area contributed by atoms with Gasteiger partial charge in [0.05, 0.1) is 12.3 Å². The number of aromatic nitrogens is 3. The third-order valence-electron chi connectivity index (χ3n) is 3.93. The quantitative estimate of drug-likeness (QED) is 0.582. The molecular weight excluding hydrogens is 412 g/mol. The second kappa shape index (κ2) is 7.63. The Morgan fingerprint density at radius 3 is 2.50 bits per heavy atom. The van der Waals surface area contributed by atoms with Crippen molar-refractivity contribution in [2.24, 2.45) is 5.10 Å². The maximum atomic E-state index is 5.65. The highest BCUT2D eigenvalue weighted by Crippen LogP contribution is 2.29. The molecule has 132 valence electrons. The highest BCUT2D eigenvalue weighted by atomic mass is 79.9. The van der Waals surface area contributed by atoms with Gasteiger partial charge < -0.3 is 4.74 Å². The highest BCUT2D eigenvalue weighted by Gasteiger charge is 2.20. The first kappa shape index (κ1) is 17.3. The molecule has 0 N–H and O–H groups in total. The van der Waals surface area contributed by atoms with Gasteiger partial charge in [-0.3, -0.25) is 0 Å². The van der Waals surface area contributed by atoms with Crippen molar-refractivity contribution in [3.8, 4) is 17.1 Å². The maximum absolute atomic E-state index is 5.65. The summed E-state index contributed by atoms with van der Waals surface area (Å²) in [5.74, 6) is 2.38. The van der Waals surface area contributed by atoms with Crippen LogP contribution in [0.25, 0.3) is 11.4 Å². The summed E-state index contributed by atoms with van der Waals surface area (Å²) >= 11 is 5.12. The first-order chi connectivity index (χ1) is 12.7. The van der Waals surface area contributed by atoms with Crippen molar-refractivity contribution >= 4 is 33.4 Å². The van der Waals surface area contributed by atoms with Crippen LogP contribution in [0.1, 0.15) is 18.9 Å². The monoisotopic (exact) mass is 428 g/mol. The minimum absolute atomic E-state index is 0.719. The van der Waals surface area contributed by atoms with Crippen molar-refractivity contribution in [3.63, 3.8) is 0 Å². The third-order valence-corrected chi connectivity index (χ3v) is 5.39. The minimum Gasteiger partial charge on any atom is -0.494 e. The summed E-state index contributed by atoms with van der Waals surface area (Å²) in [4.78, 5) is 0. The molecule has 2 heterocycles. The van der Waals surface area contributed by atoms with Gasteiger partial charge >= 0.3 is 0 Å². The molecule has 7 heteroatoms. The number of fused-ring (bicyclic) bond motifs is 1. The number of halogens is 1. The van der Waals surface area contributed by atoms with E-state index < -0.39 is 0 Å². The van der Waals surface area contributed by atoms with Gasteiger partial charge in [-0.2, -0.15) is 9.78 Å². The van der Waals surface area contributed by atoms with Crippen molar-refractivity contribution in [2.45, 2.75) is 18.5 Å². The summed E-state index contributed by atoms with van der Waals surface area (Å²) in [6.45, 7) is 2.81. The van der Waals surface area contributed by atoms with Crippen molar-refractivity contribution in [1.29, 1.82) is 0 Å². The van der Waals surface area contributed by atoms with Crippen LogP contribution in [-0.2, 0) is 0 Å². The van der Waals surface area contributed by atoms with Crippen LogP contribution < -0.4 is 4.74 Å². The Morgan fingerprint density at radius 2 is 1.77 bits per heavy atom. The molecule has 26 heavy (non-hydrogen) atoms. The molecule has 4 rings (SSSR count). The van der Waals surface area contributed by atoms with Crippen molar-refractivity contribution in [3.05, 3.63) is 58.6 Å². The fraction of sp³-hybridized carbons (Fsp3) is 0.211. The van der Waals surface area contributed by atoms with Gasteiger partial charge in [-0.25, -0.2) is 0 Å². The fourth-order valence-electron chi connectivity index (χ4n) is 2.61. The zero-order chi connectivity index (χ0) is 17.9. The smallest absolute Gasteiger partial charge is 0.212 e. The number of nitrogens with zero attached hydrogens (tertiary/aromatic N) is 4. The zero-order valence-corrected chi connectivity index (χ0v) is 16.6. The Balaban J connectivity index is 1.65. The number of rotatable bonds is 5. The lowest BCUT2D eigenvalue weighted by Crippen LogP contribution is -2.13. The fourth-order valence-corrected chi connectivity index (χ4v) is 3.71. The van der Waals surface area contributed by atoms with Crippen LogP contribution in [0, 0.1) is 0 Å². The number of hydrogen-bond donors (Lipinski definition) is 0. The van der Waals surface area contributed by atoms with Crippen LogP contribution in [0.2, 0.25) is 0 Å². The van der Waals surface area contributed by atoms with Crippen LogP contribution in [0.15, 0.2) is 63.3 Å². The average Bonchev–Trinajstić information content (AvgIpc) is 3.10. The van der Waals surface area contributed by atoms with Gasteiger partial charge in [0.1, 0.15) is 5.75 Å².